The molecule has 0 heterocycles. The van der Waals surface area contributed by atoms with E-state index >= 15 is 0 Å². The van der Waals surface area contributed by atoms with Gasteiger partial charge in [0.15, 0.2) is 0 Å². The van der Waals surface area contributed by atoms with E-state index in [1.54, 1.807) is 12.1 Å². The Morgan fingerprint density at radius 1 is 0.826 bits per heavy atom. The number of para-hydroxylation sites is 1. The molecular formula is C19H15NO3. The lowest BCUT2D eigenvalue weighted by atomic mass is 10.0. The second-order valence-electron chi connectivity index (χ2n) is 5.07. The number of nitro benzene ring substituents is 1. The number of nitro groups is 1. The molecular weight excluding hydrogens is 290 g/mol. The quantitative estimate of drug-likeness (QED) is 0.500. The molecule has 0 aliphatic heterocycles. The first-order valence-corrected chi connectivity index (χ1v) is 7.24. The van der Waals surface area contributed by atoms with Crippen LogP contribution in [0.4, 0.5) is 5.69 Å². The van der Waals surface area contributed by atoms with Gasteiger partial charge in [0.05, 0.1) is 4.92 Å². The summed E-state index contributed by atoms with van der Waals surface area (Å²) < 4.78 is 5.91. The zero-order chi connectivity index (χ0) is 16.1. The van der Waals surface area contributed by atoms with E-state index in [1.807, 2.05) is 54.6 Å². The van der Waals surface area contributed by atoms with Crippen LogP contribution in [-0.2, 0) is 6.61 Å². The molecule has 0 spiro atoms. The van der Waals surface area contributed by atoms with Gasteiger partial charge in [-0.15, -0.1) is 0 Å². The van der Waals surface area contributed by atoms with Crippen molar-refractivity contribution in [3.63, 3.8) is 0 Å². The van der Waals surface area contributed by atoms with Gasteiger partial charge in [-0.3, -0.25) is 10.1 Å². The van der Waals surface area contributed by atoms with Crippen LogP contribution in [0.2, 0.25) is 0 Å². The average Bonchev–Trinajstić information content (AvgIpc) is 2.61. The maximum Gasteiger partial charge on any atom is 0.269 e. The first kappa shape index (κ1) is 14.8. The van der Waals surface area contributed by atoms with Crippen molar-refractivity contribution in [3.05, 3.63) is 94.5 Å². The highest BCUT2D eigenvalue weighted by Crippen LogP contribution is 2.30. The first-order chi connectivity index (χ1) is 11.2. The normalized spacial score (nSPS) is 10.3. The van der Waals surface area contributed by atoms with Gasteiger partial charge in [-0.05, 0) is 29.3 Å². The molecule has 0 unspecified atom stereocenters. The summed E-state index contributed by atoms with van der Waals surface area (Å²) in [5.41, 5.74) is 3.08. The van der Waals surface area contributed by atoms with Crippen LogP contribution in [0.15, 0.2) is 78.9 Å². The Balaban J connectivity index is 1.77. The van der Waals surface area contributed by atoms with Crippen LogP contribution in [0.1, 0.15) is 5.56 Å². The lowest BCUT2D eigenvalue weighted by Gasteiger charge is -2.11. The van der Waals surface area contributed by atoms with Crippen LogP contribution in [0.3, 0.4) is 0 Å². The number of nitrogens with zero attached hydrogens (tertiary/aromatic N) is 1. The maximum absolute atomic E-state index is 10.7. The minimum atomic E-state index is -0.407. The lowest BCUT2D eigenvalue weighted by Crippen LogP contribution is -1.97. The third-order valence-electron chi connectivity index (χ3n) is 3.51. The number of rotatable bonds is 5. The molecule has 0 bridgehead atoms. The second-order valence-corrected chi connectivity index (χ2v) is 5.07. The molecule has 3 aromatic rings. The third-order valence-corrected chi connectivity index (χ3v) is 3.51. The summed E-state index contributed by atoms with van der Waals surface area (Å²) in [6, 6.07) is 24.3. The largest absolute Gasteiger partial charge is 0.488 e. The summed E-state index contributed by atoms with van der Waals surface area (Å²) in [7, 11) is 0. The number of hydrogen-bond acceptors (Lipinski definition) is 3. The fraction of sp³-hybridized carbons (Fsp3) is 0.0526. The zero-order valence-electron chi connectivity index (χ0n) is 12.4. The van der Waals surface area contributed by atoms with Crippen molar-refractivity contribution in [1.82, 2.24) is 0 Å². The van der Waals surface area contributed by atoms with Gasteiger partial charge in [-0.1, -0.05) is 48.5 Å². The molecule has 0 fully saturated rings. The van der Waals surface area contributed by atoms with Gasteiger partial charge in [0.1, 0.15) is 12.4 Å². The van der Waals surface area contributed by atoms with Gasteiger partial charge in [0.2, 0.25) is 0 Å². The van der Waals surface area contributed by atoms with Crippen molar-refractivity contribution in [2.45, 2.75) is 6.61 Å². The summed E-state index contributed by atoms with van der Waals surface area (Å²) in [4.78, 5) is 10.3. The van der Waals surface area contributed by atoms with Gasteiger partial charge in [0, 0.05) is 17.7 Å². The molecule has 114 valence electrons. The summed E-state index contributed by atoms with van der Waals surface area (Å²) in [6.45, 7) is 0.363. The average molecular weight is 305 g/mol. The van der Waals surface area contributed by atoms with Crippen LogP contribution in [0.25, 0.3) is 11.1 Å². The summed E-state index contributed by atoms with van der Waals surface area (Å²) in [5.74, 6) is 0.789. The van der Waals surface area contributed by atoms with E-state index in [4.69, 9.17) is 4.74 Å². The van der Waals surface area contributed by atoms with E-state index in [1.165, 1.54) is 12.1 Å². The van der Waals surface area contributed by atoms with Crippen molar-refractivity contribution in [2.75, 3.05) is 0 Å². The zero-order valence-corrected chi connectivity index (χ0v) is 12.4. The predicted octanol–water partition coefficient (Wildman–Crippen LogP) is 4.84. The smallest absolute Gasteiger partial charge is 0.269 e. The molecule has 0 N–H and O–H groups in total. The Kier molecular flexibility index (Phi) is 4.34. The highest BCUT2D eigenvalue weighted by molar-refractivity contribution is 5.70. The van der Waals surface area contributed by atoms with E-state index in [-0.39, 0.29) is 5.69 Å². The third kappa shape index (κ3) is 3.55. The summed E-state index contributed by atoms with van der Waals surface area (Å²) in [5, 5.41) is 10.7. The number of benzene rings is 3. The molecule has 3 aromatic carbocycles. The minimum absolute atomic E-state index is 0.0819. The molecule has 23 heavy (non-hydrogen) atoms. The van der Waals surface area contributed by atoms with Crippen LogP contribution in [-0.4, -0.2) is 4.92 Å². The molecule has 0 aromatic heterocycles. The van der Waals surface area contributed by atoms with Gasteiger partial charge in [0.25, 0.3) is 5.69 Å². The Morgan fingerprint density at radius 3 is 2.17 bits per heavy atom. The van der Waals surface area contributed by atoms with Crippen molar-refractivity contribution in [3.8, 4) is 16.9 Å². The van der Waals surface area contributed by atoms with Crippen molar-refractivity contribution < 1.29 is 9.66 Å². The standard InChI is InChI=1S/C19H15NO3/c21-20(22)17-12-10-15(11-13-17)14-23-19-9-5-4-8-18(19)16-6-2-1-3-7-16/h1-13H,14H2. The fourth-order valence-corrected chi connectivity index (χ4v) is 2.32. The van der Waals surface area contributed by atoms with E-state index in [2.05, 4.69) is 0 Å². The molecule has 0 saturated heterocycles. The van der Waals surface area contributed by atoms with Crippen molar-refractivity contribution in [1.29, 1.82) is 0 Å². The predicted molar refractivity (Wildman–Crippen MR) is 89.3 cm³/mol. The SMILES string of the molecule is O=[N+]([O-])c1ccc(COc2ccccc2-c2ccccc2)cc1. The lowest BCUT2D eigenvalue weighted by molar-refractivity contribution is -0.384. The molecule has 3 rings (SSSR count). The topological polar surface area (TPSA) is 52.4 Å². The maximum atomic E-state index is 10.7. The summed E-state index contributed by atoms with van der Waals surface area (Å²) in [6.07, 6.45) is 0. The van der Waals surface area contributed by atoms with Crippen LogP contribution < -0.4 is 4.74 Å². The molecule has 0 amide bonds. The Labute approximate surface area is 134 Å². The van der Waals surface area contributed by atoms with Crippen LogP contribution in [0.5, 0.6) is 5.75 Å². The number of ether oxygens (including phenoxy) is 1. The van der Waals surface area contributed by atoms with Gasteiger partial charge >= 0.3 is 0 Å². The van der Waals surface area contributed by atoms with Crippen molar-refractivity contribution >= 4 is 5.69 Å². The molecule has 0 aliphatic rings. The van der Waals surface area contributed by atoms with Crippen LogP contribution >= 0.6 is 0 Å². The molecule has 0 aliphatic carbocycles. The first-order valence-electron chi connectivity index (χ1n) is 7.24. The molecule has 4 nitrogen and oxygen atoms in total. The van der Waals surface area contributed by atoms with E-state index in [9.17, 15) is 10.1 Å². The van der Waals surface area contributed by atoms with E-state index in [0.717, 1.165) is 22.4 Å². The summed E-state index contributed by atoms with van der Waals surface area (Å²) >= 11 is 0. The van der Waals surface area contributed by atoms with E-state index in [0.29, 0.717) is 6.61 Å². The number of non-ortho nitro benzene ring substituents is 1. The van der Waals surface area contributed by atoms with Gasteiger partial charge in [-0.25, -0.2) is 0 Å². The van der Waals surface area contributed by atoms with Gasteiger partial charge < -0.3 is 4.74 Å². The Hall–Kier alpha value is -3.14. The van der Waals surface area contributed by atoms with E-state index < -0.39 is 4.92 Å². The van der Waals surface area contributed by atoms with Crippen molar-refractivity contribution in [2.24, 2.45) is 0 Å². The fourth-order valence-electron chi connectivity index (χ4n) is 2.32. The highest BCUT2D eigenvalue weighted by Gasteiger charge is 2.07. The highest BCUT2D eigenvalue weighted by atomic mass is 16.6. The molecule has 0 atom stereocenters. The van der Waals surface area contributed by atoms with Gasteiger partial charge in [-0.2, -0.15) is 0 Å². The molecule has 4 heteroatoms. The molecule has 0 radical (unpaired) electrons. The van der Waals surface area contributed by atoms with Crippen LogP contribution in [0, 0.1) is 10.1 Å². The molecule has 0 saturated carbocycles. The Bertz CT molecular complexity index is 798. The number of hydrogen-bond donors (Lipinski definition) is 0. The monoisotopic (exact) mass is 305 g/mol. The second kappa shape index (κ2) is 6.75. The minimum Gasteiger partial charge on any atom is -0.488 e. The Morgan fingerprint density at radius 2 is 1.48 bits per heavy atom.